The zero-order chi connectivity index (χ0) is 13.5. The Labute approximate surface area is 104 Å². The van der Waals surface area contributed by atoms with Gasteiger partial charge in [0.1, 0.15) is 0 Å². The maximum Gasteiger partial charge on any atom is 0.330 e. The Kier molecular flexibility index (Phi) is 3.14. The number of ether oxygens (including phenoxy) is 1. The van der Waals surface area contributed by atoms with Gasteiger partial charge in [0.2, 0.25) is 0 Å². The maximum atomic E-state index is 14.7. The fraction of sp³-hybridized carbons (Fsp3) is 0.667. The Hall–Kier alpha value is -1.43. The van der Waals surface area contributed by atoms with Gasteiger partial charge in [-0.05, 0) is 13.3 Å². The third kappa shape index (κ3) is 1.90. The van der Waals surface area contributed by atoms with E-state index in [1.165, 1.54) is 19.2 Å². The fourth-order valence-electron chi connectivity index (χ4n) is 2.40. The highest BCUT2D eigenvalue weighted by Crippen LogP contribution is 2.45. The average molecular weight is 256 g/mol. The van der Waals surface area contributed by atoms with Crippen LogP contribution in [0, 0.1) is 5.92 Å². The third-order valence-corrected chi connectivity index (χ3v) is 3.74. The summed E-state index contributed by atoms with van der Waals surface area (Å²) in [7, 11) is 0. The molecule has 6 heteroatoms. The average Bonchev–Trinajstić information content (AvgIpc) is 2.52. The van der Waals surface area contributed by atoms with Crippen molar-refractivity contribution in [3.8, 4) is 0 Å². The first-order valence-electron chi connectivity index (χ1n) is 6.03. The van der Waals surface area contributed by atoms with E-state index in [0.717, 1.165) is 4.57 Å². The molecule has 1 unspecified atom stereocenters. The maximum absolute atomic E-state index is 14.7. The van der Waals surface area contributed by atoms with Crippen LogP contribution in [0.15, 0.2) is 21.9 Å². The number of H-pyrrole nitrogens is 1. The van der Waals surface area contributed by atoms with E-state index in [9.17, 15) is 14.0 Å². The Balaban J connectivity index is 2.45. The molecule has 5 nitrogen and oxygen atoms in total. The summed E-state index contributed by atoms with van der Waals surface area (Å²) < 4.78 is 21.4. The largest absolute Gasteiger partial charge is 0.351 e. The summed E-state index contributed by atoms with van der Waals surface area (Å²) in [4.78, 5) is 24.8. The number of nitrogens with zero attached hydrogens (tertiary/aromatic N) is 1. The summed E-state index contributed by atoms with van der Waals surface area (Å²) in [6.07, 6.45) is 0.717. The lowest BCUT2D eigenvalue weighted by Crippen LogP contribution is -2.40. The summed E-state index contributed by atoms with van der Waals surface area (Å²) >= 11 is 0. The second-order valence-corrected chi connectivity index (χ2v) is 4.89. The van der Waals surface area contributed by atoms with Gasteiger partial charge in [0.15, 0.2) is 11.9 Å². The first kappa shape index (κ1) is 13.0. The van der Waals surface area contributed by atoms with E-state index in [-0.39, 0.29) is 12.0 Å². The number of nitrogens with one attached hydrogen (secondary N) is 1. The number of halogens is 1. The molecule has 4 atom stereocenters. The molecule has 0 aliphatic carbocycles. The zero-order valence-electron chi connectivity index (χ0n) is 10.6. The highest BCUT2D eigenvalue weighted by Gasteiger charge is 2.52. The molecule has 0 radical (unpaired) electrons. The number of hydrogen-bond donors (Lipinski definition) is 1. The van der Waals surface area contributed by atoms with Crippen molar-refractivity contribution in [2.24, 2.45) is 5.92 Å². The Morgan fingerprint density at radius 1 is 1.56 bits per heavy atom. The summed E-state index contributed by atoms with van der Waals surface area (Å²) in [6, 6.07) is 1.19. The second-order valence-electron chi connectivity index (χ2n) is 4.89. The summed E-state index contributed by atoms with van der Waals surface area (Å²) in [5, 5.41) is 0. The van der Waals surface area contributed by atoms with Crippen molar-refractivity contribution in [1.82, 2.24) is 9.55 Å². The van der Waals surface area contributed by atoms with E-state index in [2.05, 4.69) is 4.98 Å². The lowest BCUT2D eigenvalue weighted by molar-refractivity contribution is -0.0502. The Morgan fingerprint density at radius 2 is 2.22 bits per heavy atom. The van der Waals surface area contributed by atoms with E-state index >= 15 is 0 Å². The first-order valence-corrected chi connectivity index (χ1v) is 6.03. The minimum Gasteiger partial charge on any atom is -0.351 e. The smallest absolute Gasteiger partial charge is 0.330 e. The van der Waals surface area contributed by atoms with Crippen LogP contribution in [0.5, 0.6) is 0 Å². The van der Waals surface area contributed by atoms with Gasteiger partial charge < -0.3 is 4.74 Å². The van der Waals surface area contributed by atoms with Crippen molar-refractivity contribution >= 4 is 0 Å². The van der Waals surface area contributed by atoms with Gasteiger partial charge in [-0.2, -0.15) is 0 Å². The van der Waals surface area contributed by atoms with Gasteiger partial charge in [0.25, 0.3) is 5.56 Å². The molecule has 1 aromatic heterocycles. The topological polar surface area (TPSA) is 64.1 Å². The molecule has 0 aromatic carbocycles. The summed E-state index contributed by atoms with van der Waals surface area (Å²) in [6.45, 7) is 5.11. The van der Waals surface area contributed by atoms with Crippen molar-refractivity contribution in [2.75, 3.05) is 0 Å². The molecule has 100 valence electrons. The summed E-state index contributed by atoms with van der Waals surface area (Å²) in [5.74, 6) is -0.314. The van der Waals surface area contributed by atoms with Crippen LogP contribution in [-0.2, 0) is 4.74 Å². The van der Waals surface area contributed by atoms with Crippen molar-refractivity contribution in [2.45, 2.75) is 45.2 Å². The van der Waals surface area contributed by atoms with Gasteiger partial charge in [-0.3, -0.25) is 14.3 Å². The van der Waals surface area contributed by atoms with Crippen molar-refractivity contribution < 1.29 is 9.13 Å². The minimum absolute atomic E-state index is 0.233. The van der Waals surface area contributed by atoms with Crippen LogP contribution < -0.4 is 11.2 Å². The van der Waals surface area contributed by atoms with Gasteiger partial charge >= 0.3 is 5.69 Å². The van der Waals surface area contributed by atoms with Crippen LogP contribution in [-0.4, -0.2) is 21.3 Å². The van der Waals surface area contributed by atoms with E-state index in [1.807, 2.05) is 6.92 Å². The lowest BCUT2D eigenvalue weighted by Gasteiger charge is -2.25. The van der Waals surface area contributed by atoms with Gasteiger partial charge in [-0.25, -0.2) is 9.18 Å². The molecule has 2 rings (SSSR count). The Bertz CT molecular complexity index is 549. The highest BCUT2D eigenvalue weighted by atomic mass is 19.1. The zero-order valence-corrected chi connectivity index (χ0v) is 10.6. The molecule has 1 N–H and O–H groups in total. The molecule has 1 aliphatic rings. The van der Waals surface area contributed by atoms with Gasteiger partial charge in [-0.15, -0.1) is 0 Å². The van der Waals surface area contributed by atoms with Gasteiger partial charge in [-0.1, -0.05) is 13.8 Å². The quantitative estimate of drug-likeness (QED) is 0.865. The van der Waals surface area contributed by atoms with Crippen molar-refractivity contribution in [3.05, 3.63) is 33.1 Å². The molecule has 1 aliphatic heterocycles. The number of hydrogen-bond acceptors (Lipinski definition) is 3. The number of aromatic amines is 1. The SMILES string of the molecule is CC[C@H]1O[C@@H](n2ccc(=O)[nH]c2=O)C(C)(F)[C@H]1C. The molecule has 1 fully saturated rings. The molecule has 1 aromatic rings. The van der Waals surface area contributed by atoms with Crippen molar-refractivity contribution in [1.29, 1.82) is 0 Å². The van der Waals surface area contributed by atoms with Crippen molar-refractivity contribution in [3.63, 3.8) is 0 Å². The van der Waals surface area contributed by atoms with Crippen LogP contribution in [0.3, 0.4) is 0 Å². The molecule has 1 saturated heterocycles. The highest BCUT2D eigenvalue weighted by molar-refractivity contribution is 4.98. The number of aromatic nitrogens is 2. The normalized spacial score (nSPS) is 35.9. The molecule has 18 heavy (non-hydrogen) atoms. The fourth-order valence-corrected chi connectivity index (χ4v) is 2.40. The first-order chi connectivity index (χ1) is 8.37. The predicted molar refractivity (Wildman–Crippen MR) is 64.2 cm³/mol. The standard InChI is InChI=1S/C12H17FN2O3/c1-4-8-7(2)12(3,13)10(18-8)15-6-5-9(16)14-11(15)17/h5-8,10H,4H2,1-3H3,(H,14,16,17)/t7-,8+,10+,12?/m0/s1. The third-order valence-electron chi connectivity index (χ3n) is 3.74. The molecule has 0 spiro atoms. The molecule has 0 saturated carbocycles. The number of alkyl halides is 1. The van der Waals surface area contributed by atoms with Crippen LogP contribution in [0.4, 0.5) is 4.39 Å². The Morgan fingerprint density at radius 3 is 2.72 bits per heavy atom. The minimum atomic E-state index is -1.65. The van der Waals surface area contributed by atoms with E-state index in [1.54, 1.807) is 6.92 Å². The van der Waals surface area contributed by atoms with E-state index in [0.29, 0.717) is 6.42 Å². The molecule has 2 heterocycles. The van der Waals surface area contributed by atoms with Crippen LogP contribution in [0.25, 0.3) is 0 Å². The second kappa shape index (κ2) is 4.35. The molecular weight excluding hydrogens is 239 g/mol. The predicted octanol–water partition coefficient (Wildman–Crippen LogP) is 1.21. The monoisotopic (exact) mass is 256 g/mol. The number of rotatable bonds is 2. The van der Waals surface area contributed by atoms with Crippen LogP contribution >= 0.6 is 0 Å². The van der Waals surface area contributed by atoms with Gasteiger partial charge in [0.05, 0.1) is 6.10 Å². The van der Waals surface area contributed by atoms with Crippen LogP contribution in [0.1, 0.15) is 33.4 Å². The van der Waals surface area contributed by atoms with E-state index in [4.69, 9.17) is 4.74 Å². The summed E-state index contributed by atoms with van der Waals surface area (Å²) in [5.41, 5.74) is -2.81. The van der Waals surface area contributed by atoms with Crippen LogP contribution in [0.2, 0.25) is 0 Å². The molecule has 0 amide bonds. The molecule has 0 bridgehead atoms. The lowest BCUT2D eigenvalue weighted by atomic mass is 9.88. The van der Waals surface area contributed by atoms with E-state index < -0.39 is 23.1 Å². The molecular formula is C12H17FN2O3. The van der Waals surface area contributed by atoms with Gasteiger partial charge in [0, 0.05) is 18.2 Å².